The molecule has 23 heavy (non-hydrogen) atoms. The number of nitrogens with zero attached hydrogens (tertiary/aromatic N) is 3. The van der Waals surface area contributed by atoms with Crippen LogP contribution in [0.3, 0.4) is 0 Å². The van der Waals surface area contributed by atoms with Crippen LogP contribution in [0.4, 0.5) is 0 Å². The number of amides is 2. The Morgan fingerprint density at radius 2 is 2.17 bits per heavy atom. The van der Waals surface area contributed by atoms with Crippen LogP contribution in [0.25, 0.3) is 0 Å². The molecule has 1 aromatic heterocycles. The highest BCUT2D eigenvalue weighted by atomic mass is 32.2. The van der Waals surface area contributed by atoms with Crippen LogP contribution in [0.15, 0.2) is 18.5 Å². The maximum Gasteiger partial charge on any atom is 0.243 e. The molecule has 0 unspecified atom stereocenters. The molecule has 1 fully saturated rings. The van der Waals surface area contributed by atoms with Gasteiger partial charge in [-0.2, -0.15) is 5.10 Å². The zero-order valence-electron chi connectivity index (χ0n) is 14.1. The first-order valence-corrected chi connectivity index (χ1v) is 9.15. The monoisotopic (exact) mass is 338 g/mol. The third-order valence-corrected chi connectivity index (χ3v) is 4.62. The van der Waals surface area contributed by atoms with Gasteiger partial charge in [0.2, 0.25) is 11.8 Å². The van der Waals surface area contributed by atoms with Crippen LogP contribution in [-0.2, 0) is 16.1 Å². The second-order valence-corrected chi connectivity index (χ2v) is 8.03. The molecule has 1 aliphatic heterocycles. The summed E-state index contributed by atoms with van der Waals surface area (Å²) >= 11 is 1.64. The van der Waals surface area contributed by atoms with Gasteiger partial charge in [-0.05, 0) is 17.9 Å². The van der Waals surface area contributed by atoms with E-state index in [1.807, 2.05) is 37.7 Å². The van der Waals surface area contributed by atoms with Gasteiger partial charge in [-0.1, -0.05) is 20.8 Å². The van der Waals surface area contributed by atoms with Crippen LogP contribution in [0.1, 0.15) is 33.6 Å². The number of hydrogen-bond donors (Lipinski definition) is 1. The minimum atomic E-state index is -0.334. The van der Waals surface area contributed by atoms with Crippen molar-refractivity contribution < 1.29 is 9.59 Å². The van der Waals surface area contributed by atoms with Crippen molar-refractivity contribution in [3.8, 4) is 0 Å². The van der Waals surface area contributed by atoms with Crippen LogP contribution in [-0.4, -0.2) is 50.7 Å². The molecule has 0 bridgehead atoms. The van der Waals surface area contributed by atoms with E-state index in [9.17, 15) is 9.59 Å². The van der Waals surface area contributed by atoms with Gasteiger partial charge in [0, 0.05) is 37.7 Å². The van der Waals surface area contributed by atoms with Gasteiger partial charge in [0.25, 0.3) is 0 Å². The summed E-state index contributed by atoms with van der Waals surface area (Å²) < 4.78 is 1.84. The van der Waals surface area contributed by atoms with Crippen LogP contribution >= 0.6 is 11.8 Å². The third-order valence-electron chi connectivity index (χ3n) is 3.61. The molecule has 7 heteroatoms. The van der Waals surface area contributed by atoms with E-state index < -0.39 is 0 Å². The summed E-state index contributed by atoms with van der Waals surface area (Å²) in [6, 6.07) is 1.55. The quantitative estimate of drug-likeness (QED) is 0.802. The molecule has 128 valence electrons. The van der Waals surface area contributed by atoms with Crippen LogP contribution < -0.4 is 5.32 Å². The van der Waals surface area contributed by atoms with E-state index in [2.05, 4.69) is 10.4 Å². The van der Waals surface area contributed by atoms with Gasteiger partial charge in [0.15, 0.2) is 0 Å². The Balaban J connectivity index is 1.77. The summed E-state index contributed by atoms with van der Waals surface area (Å²) in [6.45, 7) is 7.50. The lowest BCUT2D eigenvalue weighted by Gasteiger charge is -2.26. The third kappa shape index (κ3) is 5.57. The molecule has 0 aromatic carbocycles. The summed E-state index contributed by atoms with van der Waals surface area (Å²) in [5.74, 6) is 1.32. The SMILES string of the molecule is CC(C)(C)CC(=O)N1CSC[C@@H]1C(=O)NCCCn1cccn1. The standard InChI is InChI=1S/C16H26N4O2S/c1-16(2,3)10-14(21)20-12-23-11-13(20)15(22)17-6-4-8-19-9-5-7-18-19/h5,7,9,13H,4,6,8,10-12H2,1-3H3,(H,17,22)/t13-/m1/s1. The Kier molecular flexibility index (Phi) is 6.10. The first-order valence-electron chi connectivity index (χ1n) is 7.99. The summed E-state index contributed by atoms with van der Waals surface area (Å²) in [5, 5.41) is 7.07. The second-order valence-electron chi connectivity index (χ2n) is 7.03. The van der Waals surface area contributed by atoms with Crippen molar-refractivity contribution in [2.24, 2.45) is 5.41 Å². The number of aromatic nitrogens is 2. The Hall–Kier alpha value is -1.50. The maximum absolute atomic E-state index is 12.4. The van der Waals surface area contributed by atoms with E-state index in [1.54, 1.807) is 22.9 Å². The molecule has 2 heterocycles. The normalized spacial score (nSPS) is 18.2. The van der Waals surface area contributed by atoms with E-state index in [1.165, 1.54) is 0 Å². The van der Waals surface area contributed by atoms with E-state index in [4.69, 9.17) is 0 Å². The molecular formula is C16H26N4O2S. The van der Waals surface area contributed by atoms with Crippen molar-refractivity contribution in [3.63, 3.8) is 0 Å². The fourth-order valence-corrected chi connectivity index (χ4v) is 3.64. The highest BCUT2D eigenvalue weighted by Gasteiger charge is 2.35. The predicted molar refractivity (Wildman–Crippen MR) is 91.9 cm³/mol. The fraction of sp³-hybridized carbons (Fsp3) is 0.688. The molecule has 1 saturated heterocycles. The number of carbonyl (C=O) groups is 2. The summed E-state index contributed by atoms with van der Waals surface area (Å²) in [4.78, 5) is 26.4. The van der Waals surface area contributed by atoms with Crippen LogP contribution in [0, 0.1) is 5.41 Å². The number of hydrogen-bond acceptors (Lipinski definition) is 4. The molecule has 2 rings (SSSR count). The molecule has 1 atom stereocenters. The smallest absolute Gasteiger partial charge is 0.243 e. The average molecular weight is 338 g/mol. The van der Waals surface area contributed by atoms with Crippen molar-refractivity contribution in [2.75, 3.05) is 18.2 Å². The lowest BCUT2D eigenvalue weighted by atomic mass is 9.91. The number of carbonyl (C=O) groups excluding carboxylic acids is 2. The van der Waals surface area contributed by atoms with E-state index in [0.29, 0.717) is 24.6 Å². The molecule has 0 spiro atoms. The van der Waals surface area contributed by atoms with Crippen molar-refractivity contribution in [1.29, 1.82) is 0 Å². The topological polar surface area (TPSA) is 67.2 Å². The zero-order chi connectivity index (χ0) is 16.9. The van der Waals surface area contributed by atoms with E-state index in [-0.39, 0.29) is 23.3 Å². The molecule has 0 saturated carbocycles. The molecule has 1 aliphatic rings. The molecule has 1 N–H and O–H groups in total. The van der Waals surface area contributed by atoms with E-state index in [0.717, 1.165) is 13.0 Å². The predicted octanol–water partition coefficient (Wildman–Crippen LogP) is 1.73. The van der Waals surface area contributed by atoms with Gasteiger partial charge in [-0.25, -0.2) is 0 Å². The Labute approximate surface area is 142 Å². The lowest BCUT2D eigenvalue weighted by molar-refractivity contribution is -0.139. The second kappa shape index (κ2) is 7.86. The lowest BCUT2D eigenvalue weighted by Crippen LogP contribution is -2.48. The average Bonchev–Trinajstić information content (AvgIpc) is 3.12. The minimum Gasteiger partial charge on any atom is -0.354 e. The maximum atomic E-state index is 12.4. The summed E-state index contributed by atoms with van der Waals surface area (Å²) in [7, 11) is 0. The van der Waals surface area contributed by atoms with Gasteiger partial charge in [0.05, 0.1) is 5.88 Å². The van der Waals surface area contributed by atoms with E-state index >= 15 is 0 Å². The molecular weight excluding hydrogens is 312 g/mol. The first-order chi connectivity index (χ1) is 10.9. The van der Waals surface area contributed by atoms with Gasteiger partial charge >= 0.3 is 0 Å². The highest BCUT2D eigenvalue weighted by molar-refractivity contribution is 7.99. The summed E-state index contributed by atoms with van der Waals surface area (Å²) in [6.07, 6.45) is 4.94. The van der Waals surface area contributed by atoms with Crippen molar-refractivity contribution in [3.05, 3.63) is 18.5 Å². The molecule has 1 aromatic rings. The van der Waals surface area contributed by atoms with Crippen LogP contribution in [0.2, 0.25) is 0 Å². The zero-order valence-corrected chi connectivity index (χ0v) is 14.9. The number of nitrogens with one attached hydrogen (secondary N) is 1. The Morgan fingerprint density at radius 1 is 1.39 bits per heavy atom. The summed E-state index contributed by atoms with van der Waals surface area (Å²) in [5.41, 5.74) is -0.0604. The Morgan fingerprint density at radius 3 is 2.83 bits per heavy atom. The van der Waals surface area contributed by atoms with Gasteiger partial charge in [-0.15, -0.1) is 11.8 Å². The minimum absolute atomic E-state index is 0.0438. The van der Waals surface area contributed by atoms with Gasteiger partial charge in [-0.3, -0.25) is 14.3 Å². The van der Waals surface area contributed by atoms with Gasteiger partial charge in [0.1, 0.15) is 6.04 Å². The highest BCUT2D eigenvalue weighted by Crippen LogP contribution is 2.26. The Bertz CT molecular complexity index is 525. The fourth-order valence-electron chi connectivity index (χ4n) is 2.46. The van der Waals surface area contributed by atoms with Gasteiger partial charge < -0.3 is 10.2 Å². The molecule has 0 radical (unpaired) electrons. The first kappa shape index (κ1) is 17.8. The van der Waals surface area contributed by atoms with Crippen LogP contribution in [0.5, 0.6) is 0 Å². The largest absolute Gasteiger partial charge is 0.354 e. The number of rotatable bonds is 6. The molecule has 2 amide bonds. The van der Waals surface area contributed by atoms with Crippen molar-refractivity contribution in [1.82, 2.24) is 20.0 Å². The molecule has 0 aliphatic carbocycles. The molecule has 6 nitrogen and oxygen atoms in total. The van der Waals surface area contributed by atoms with Crippen molar-refractivity contribution in [2.45, 2.75) is 46.2 Å². The number of aryl methyl sites for hydroxylation is 1. The van der Waals surface area contributed by atoms with Crippen molar-refractivity contribution >= 4 is 23.6 Å². The number of thioether (sulfide) groups is 1.